The van der Waals surface area contributed by atoms with Crippen molar-refractivity contribution in [1.82, 2.24) is 10.1 Å². The summed E-state index contributed by atoms with van der Waals surface area (Å²) in [5.41, 5.74) is 5.05. The van der Waals surface area contributed by atoms with Crippen molar-refractivity contribution >= 4 is 0 Å². The van der Waals surface area contributed by atoms with Gasteiger partial charge in [0.2, 0.25) is 11.7 Å². The van der Waals surface area contributed by atoms with Gasteiger partial charge in [-0.1, -0.05) is 19.0 Å². The highest BCUT2D eigenvalue weighted by Crippen LogP contribution is 2.28. The lowest BCUT2D eigenvalue weighted by molar-refractivity contribution is -0.0403. The van der Waals surface area contributed by atoms with E-state index in [1.54, 1.807) is 0 Å². The molecule has 0 radical (unpaired) electrons. The van der Waals surface area contributed by atoms with Gasteiger partial charge in [0.15, 0.2) is 0 Å². The topological polar surface area (TPSA) is 74.2 Å². The second-order valence-corrected chi connectivity index (χ2v) is 4.81. The SMILES string of the molecule is CCOC(C)(CC)c1noc(C(C)CCCN)n1. The third-order valence-electron chi connectivity index (χ3n) is 3.32. The van der Waals surface area contributed by atoms with Crippen LogP contribution in [0.2, 0.25) is 0 Å². The Morgan fingerprint density at radius 1 is 1.44 bits per heavy atom. The van der Waals surface area contributed by atoms with Crippen molar-refractivity contribution < 1.29 is 9.26 Å². The molecule has 0 aromatic carbocycles. The molecule has 2 N–H and O–H groups in total. The van der Waals surface area contributed by atoms with Gasteiger partial charge in [-0.2, -0.15) is 4.98 Å². The molecule has 1 heterocycles. The maximum absolute atomic E-state index is 5.73. The summed E-state index contributed by atoms with van der Waals surface area (Å²) in [6.45, 7) is 9.43. The molecule has 0 fully saturated rings. The van der Waals surface area contributed by atoms with Crippen molar-refractivity contribution in [3.63, 3.8) is 0 Å². The van der Waals surface area contributed by atoms with Crippen LogP contribution < -0.4 is 5.73 Å². The minimum atomic E-state index is -0.454. The molecule has 1 aromatic rings. The van der Waals surface area contributed by atoms with Gasteiger partial charge in [-0.05, 0) is 39.7 Å². The molecule has 2 unspecified atom stereocenters. The van der Waals surface area contributed by atoms with Gasteiger partial charge >= 0.3 is 0 Å². The summed E-state index contributed by atoms with van der Waals surface area (Å²) in [4.78, 5) is 4.48. The summed E-state index contributed by atoms with van der Waals surface area (Å²) < 4.78 is 11.1. The first-order valence-electron chi connectivity index (χ1n) is 6.75. The molecule has 1 rings (SSSR count). The summed E-state index contributed by atoms with van der Waals surface area (Å²) in [5, 5.41) is 4.06. The van der Waals surface area contributed by atoms with E-state index in [1.165, 1.54) is 0 Å². The Morgan fingerprint density at radius 3 is 2.72 bits per heavy atom. The van der Waals surface area contributed by atoms with Crippen LogP contribution in [0.3, 0.4) is 0 Å². The number of aromatic nitrogens is 2. The number of rotatable bonds is 8. The van der Waals surface area contributed by atoms with Crippen LogP contribution >= 0.6 is 0 Å². The summed E-state index contributed by atoms with van der Waals surface area (Å²) in [6, 6.07) is 0. The normalized spacial score (nSPS) is 16.5. The number of hydrogen-bond donors (Lipinski definition) is 1. The minimum Gasteiger partial charge on any atom is -0.367 e. The number of ether oxygens (including phenoxy) is 1. The first kappa shape index (κ1) is 15.1. The highest BCUT2D eigenvalue weighted by molar-refractivity contribution is 5.01. The fourth-order valence-corrected chi connectivity index (χ4v) is 1.84. The summed E-state index contributed by atoms with van der Waals surface area (Å²) in [6.07, 6.45) is 2.75. The highest BCUT2D eigenvalue weighted by atomic mass is 16.5. The fourth-order valence-electron chi connectivity index (χ4n) is 1.84. The largest absolute Gasteiger partial charge is 0.367 e. The molecule has 0 spiro atoms. The fraction of sp³-hybridized carbons (Fsp3) is 0.846. The quantitative estimate of drug-likeness (QED) is 0.772. The number of nitrogens with two attached hydrogens (primary N) is 1. The van der Waals surface area contributed by atoms with Crippen molar-refractivity contribution in [2.75, 3.05) is 13.2 Å². The van der Waals surface area contributed by atoms with Gasteiger partial charge in [-0.15, -0.1) is 0 Å². The van der Waals surface area contributed by atoms with E-state index in [2.05, 4.69) is 24.0 Å². The second kappa shape index (κ2) is 6.85. The van der Waals surface area contributed by atoms with E-state index in [4.69, 9.17) is 15.0 Å². The van der Waals surface area contributed by atoms with E-state index in [0.29, 0.717) is 24.9 Å². The lowest BCUT2D eigenvalue weighted by atomic mass is 10.0. The monoisotopic (exact) mass is 255 g/mol. The number of nitrogens with zero attached hydrogens (tertiary/aromatic N) is 2. The number of hydrogen-bond acceptors (Lipinski definition) is 5. The molecular weight excluding hydrogens is 230 g/mol. The minimum absolute atomic E-state index is 0.248. The molecule has 18 heavy (non-hydrogen) atoms. The average Bonchev–Trinajstić information content (AvgIpc) is 2.86. The molecule has 5 nitrogen and oxygen atoms in total. The summed E-state index contributed by atoms with van der Waals surface area (Å²) >= 11 is 0. The Kier molecular flexibility index (Phi) is 5.75. The average molecular weight is 255 g/mol. The third-order valence-corrected chi connectivity index (χ3v) is 3.32. The molecule has 0 aliphatic carbocycles. The summed E-state index contributed by atoms with van der Waals surface area (Å²) in [5.74, 6) is 1.57. The van der Waals surface area contributed by atoms with Gasteiger partial charge in [0, 0.05) is 12.5 Å². The van der Waals surface area contributed by atoms with Gasteiger partial charge in [-0.25, -0.2) is 0 Å². The zero-order chi connectivity index (χ0) is 13.6. The third kappa shape index (κ3) is 3.53. The van der Waals surface area contributed by atoms with Crippen LogP contribution in [0.4, 0.5) is 0 Å². The molecule has 5 heteroatoms. The van der Waals surface area contributed by atoms with Gasteiger partial charge in [-0.3, -0.25) is 0 Å². The van der Waals surface area contributed by atoms with E-state index in [1.807, 2.05) is 13.8 Å². The van der Waals surface area contributed by atoms with Gasteiger partial charge in [0.25, 0.3) is 0 Å². The standard InChI is InChI=1S/C13H25N3O2/c1-5-13(4,17-6-2)12-15-11(18-16-12)10(3)8-7-9-14/h10H,5-9,14H2,1-4H3. The maximum Gasteiger partial charge on any atom is 0.229 e. The van der Waals surface area contributed by atoms with Crippen LogP contribution in [0, 0.1) is 0 Å². The Labute approximate surface area is 109 Å². The zero-order valence-electron chi connectivity index (χ0n) is 11.9. The van der Waals surface area contributed by atoms with E-state index in [-0.39, 0.29) is 5.92 Å². The van der Waals surface area contributed by atoms with Crippen molar-refractivity contribution in [3.05, 3.63) is 11.7 Å². The Balaban J connectivity index is 2.78. The van der Waals surface area contributed by atoms with Crippen LogP contribution in [0.1, 0.15) is 64.6 Å². The van der Waals surface area contributed by atoms with Crippen LogP contribution in [0.5, 0.6) is 0 Å². The zero-order valence-corrected chi connectivity index (χ0v) is 11.9. The maximum atomic E-state index is 5.73. The van der Waals surface area contributed by atoms with Gasteiger partial charge in [0.05, 0.1) is 0 Å². The Bertz CT molecular complexity index is 354. The van der Waals surface area contributed by atoms with Crippen LogP contribution in [-0.4, -0.2) is 23.3 Å². The molecule has 0 amide bonds. The first-order chi connectivity index (χ1) is 8.57. The lowest BCUT2D eigenvalue weighted by Gasteiger charge is -2.23. The molecule has 0 saturated heterocycles. The predicted octanol–water partition coefficient (Wildman–Crippen LogP) is 2.57. The molecule has 0 saturated carbocycles. The Hall–Kier alpha value is -0.940. The van der Waals surface area contributed by atoms with Crippen LogP contribution in [0.15, 0.2) is 4.52 Å². The lowest BCUT2D eigenvalue weighted by Crippen LogP contribution is -2.26. The second-order valence-electron chi connectivity index (χ2n) is 4.81. The highest BCUT2D eigenvalue weighted by Gasteiger charge is 2.31. The van der Waals surface area contributed by atoms with Gasteiger partial charge < -0.3 is 15.0 Å². The molecule has 0 bridgehead atoms. The smallest absolute Gasteiger partial charge is 0.229 e. The van der Waals surface area contributed by atoms with E-state index < -0.39 is 5.60 Å². The predicted molar refractivity (Wildman–Crippen MR) is 70.3 cm³/mol. The Morgan fingerprint density at radius 2 is 2.17 bits per heavy atom. The van der Waals surface area contributed by atoms with E-state index in [0.717, 1.165) is 19.3 Å². The molecule has 1 aromatic heterocycles. The van der Waals surface area contributed by atoms with Crippen molar-refractivity contribution in [2.45, 2.75) is 58.5 Å². The van der Waals surface area contributed by atoms with Crippen molar-refractivity contribution in [2.24, 2.45) is 5.73 Å². The first-order valence-corrected chi connectivity index (χ1v) is 6.75. The van der Waals surface area contributed by atoms with Gasteiger partial charge in [0.1, 0.15) is 5.60 Å². The molecule has 104 valence electrons. The molecule has 0 aliphatic rings. The van der Waals surface area contributed by atoms with Crippen molar-refractivity contribution in [3.8, 4) is 0 Å². The molecule has 0 aliphatic heterocycles. The van der Waals surface area contributed by atoms with Crippen LogP contribution in [-0.2, 0) is 10.3 Å². The molecule has 2 atom stereocenters. The van der Waals surface area contributed by atoms with E-state index >= 15 is 0 Å². The van der Waals surface area contributed by atoms with Crippen molar-refractivity contribution in [1.29, 1.82) is 0 Å². The summed E-state index contributed by atoms with van der Waals surface area (Å²) in [7, 11) is 0. The van der Waals surface area contributed by atoms with Crippen LogP contribution in [0.25, 0.3) is 0 Å². The molecular formula is C13H25N3O2. The van der Waals surface area contributed by atoms with E-state index in [9.17, 15) is 0 Å².